The Labute approximate surface area is 228 Å². The number of hydrogen-bond acceptors (Lipinski definition) is 8. The van der Waals surface area contributed by atoms with Gasteiger partial charge in [-0.1, -0.05) is 6.07 Å². The van der Waals surface area contributed by atoms with Crippen molar-refractivity contribution in [1.82, 2.24) is 19.9 Å². The number of carbonyl (C=O) groups excluding carboxylic acids is 1. The second kappa shape index (κ2) is 10.8. The number of aliphatic hydroxyl groups is 1. The van der Waals surface area contributed by atoms with Crippen LogP contribution in [0.5, 0.6) is 0 Å². The van der Waals surface area contributed by atoms with Gasteiger partial charge in [0, 0.05) is 37.7 Å². The Morgan fingerprint density at radius 1 is 1.21 bits per heavy atom. The van der Waals surface area contributed by atoms with E-state index in [4.69, 9.17) is 4.74 Å². The minimum atomic E-state index is -4.57. The van der Waals surface area contributed by atoms with Crippen LogP contribution in [0.15, 0.2) is 36.7 Å². The second-order valence-electron chi connectivity index (χ2n) is 10.3. The number of nitrogens with one attached hydrogen (secondary N) is 1. The molecular weight excluding hydrogens is 531 g/mol. The van der Waals surface area contributed by atoms with E-state index in [0.717, 1.165) is 34.7 Å². The predicted octanol–water partition coefficient (Wildman–Crippen LogP) is 5.30. The van der Waals surface area contributed by atoms with Gasteiger partial charge in [-0.15, -0.1) is 11.3 Å². The molecule has 1 saturated heterocycles. The fourth-order valence-electron chi connectivity index (χ4n) is 5.18. The summed E-state index contributed by atoms with van der Waals surface area (Å²) in [6.45, 7) is 3.13. The highest BCUT2D eigenvalue weighted by Crippen LogP contribution is 2.43. The fourth-order valence-corrected chi connectivity index (χ4v) is 6.23. The first-order chi connectivity index (χ1) is 18.5. The minimum Gasteiger partial charge on any atom is -0.383 e. The average molecular weight is 562 g/mol. The monoisotopic (exact) mass is 561 g/mol. The molecule has 3 heterocycles. The molecule has 2 fully saturated rings. The van der Waals surface area contributed by atoms with Crippen molar-refractivity contribution in [2.24, 2.45) is 5.92 Å². The predicted molar refractivity (Wildman–Crippen MR) is 140 cm³/mol. The van der Waals surface area contributed by atoms with Gasteiger partial charge >= 0.3 is 6.18 Å². The van der Waals surface area contributed by atoms with Gasteiger partial charge in [0.2, 0.25) is 11.9 Å². The van der Waals surface area contributed by atoms with Gasteiger partial charge in [0.1, 0.15) is 16.3 Å². The summed E-state index contributed by atoms with van der Waals surface area (Å²) in [7, 11) is 1.83. The lowest BCUT2D eigenvalue weighted by atomic mass is 9.78. The quantitative estimate of drug-likeness (QED) is 0.422. The number of rotatable bonds is 6. The van der Waals surface area contributed by atoms with Crippen LogP contribution in [-0.4, -0.2) is 57.2 Å². The zero-order valence-electron chi connectivity index (χ0n) is 21.7. The van der Waals surface area contributed by atoms with Crippen molar-refractivity contribution in [1.29, 1.82) is 0 Å². The third-order valence-electron chi connectivity index (χ3n) is 7.43. The van der Waals surface area contributed by atoms with Crippen LogP contribution in [0.3, 0.4) is 0 Å². The van der Waals surface area contributed by atoms with Crippen molar-refractivity contribution in [2.75, 3.05) is 25.6 Å². The SMILES string of the molecule is Cc1cc(Nc2nccc(C(F)(F)F)n2)cc(-c2cnc([C@]3(O)CC[C@H](C(=O)N(C)C4CCOC4)CC3)s2)c1. The van der Waals surface area contributed by atoms with Crippen molar-refractivity contribution in [2.45, 2.75) is 56.8 Å². The number of hydrogen-bond donors (Lipinski definition) is 2. The summed E-state index contributed by atoms with van der Waals surface area (Å²) in [5, 5.41) is 14.9. The number of amides is 1. The van der Waals surface area contributed by atoms with E-state index in [1.54, 1.807) is 23.2 Å². The molecule has 2 aliphatic rings. The lowest BCUT2D eigenvalue weighted by Gasteiger charge is -2.36. The lowest BCUT2D eigenvalue weighted by Crippen LogP contribution is -2.43. The first kappa shape index (κ1) is 27.5. The smallest absolute Gasteiger partial charge is 0.383 e. The van der Waals surface area contributed by atoms with Gasteiger partial charge in [-0.3, -0.25) is 4.79 Å². The third-order valence-corrected chi connectivity index (χ3v) is 8.67. The summed E-state index contributed by atoms with van der Waals surface area (Å²) in [4.78, 5) is 27.6. The number of benzene rings is 1. The number of aromatic nitrogens is 3. The maximum Gasteiger partial charge on any atom is 0.433 e. The Bertz CT molecular complexity index is 1330. The van der Waals surface area contributed by atoms with Gasteiger partial charge in [0.25, 0.3) is 0 Å². The van der Waals surface area contributed by atoms with Crippen LogP contribution in [0.1, 0.15) is 48.4 Å². The molecule has 0 spiro atoms. The van der Waals surface area contributed by atoms with E-state index in [1.807, 2.05) is 20.0 Å². The Balaban J connectivity index is 1.28. The van der Waals surface area contributed by atoms with E-state index >= 15 is 0 Å². The standard InChI is InChI=1S/C27H30F3N5O3S/c1-16-11-18(13-19(12-16)33-25-31-9-5-22(34-25)27(28,29)30)21-14-32-24(39-21)26(37)7-3-17(4-8-26)23(36)35(2)20-6-10-38-15-20/h5,9,11-14,17,20,37H,3-4,6-8,10,15H2,1-2H3,(H,31,33,34)/t17-,20?,26-. The fraction of sp³-hybridized carbons (Fsp3) is 0.481. The molecule has 1 amide bonds. The Hall–Kier alpha value is -3.09. The number of alkyl halides is 3. The number of aryl methyl sites for hydroxylation is 1. The molecule has 1 saturated carbocycles. The van der Waals surface area contributed by atoms with Crippen molar-refractivity contribution in [3.05, 3.63) is 52.9 Å². The topological polar surface area (TPSA) is 100 Å². The molecule has 5 rings (SSSR count). The number of halogens is 3. The van der Waals surface area contributed by atoms with Crippen LogP contribution in [0.4, 0.5) is 24.8 Å². The largest absolute Gasteiger partial charge is 0.433 e. The molecule has 0 radical (unpaired) electrons. The molecule has 1 unspecified atom stereocenters. The van der Waals surface area contributed by atoms with E-state index in [2.05, 4.69) is 20.3 Å². The molecule has 208 valence electrons. The molecule has 2 N–H and O–H groups in total. The summed E-state index contributed by atoms with van der Waals surface area (Å²) in [5.41, 5.74) is 0.0936. The van der Waals surface area contributed by atoms with E-state index < -0.39 is 17.5 Å². The highest BCUT2D eigenvalue weighted by Gasteiger charge is 2.41. The zero-order valence-corrected chi connectivity index (χ0v) is 22.5. The molecule has 12 heteroatoms. The van der Waals surface area contributed by atoms with Crippen LogP contribution >= 0.6 is 11.3 Å². The van der Waals surface area contributed by atoms with Crippen molar-refractivity contribution < 1.29 is 27.8 Å². The van der Waals surface area contributed by atoms with Crippen molar-refractivity contribution in [3.8, 4) is 10.4 Å². The van der Waals surface area contributed by atoms with Gasteiger partial charge in [0.05, 0.1) is 17.5 Å². The van der Waals surface area contributed by atoms with Crippen LogP contribution < -0.4 is 5.32 Å². The van der Waals surface area contributed by atoms with Gasteiger partial charge in [-0.05, 0) is 68.4 Å². The molecule has 39 heavy (non-hydrogen) atoms. The molecular formula is C27H30F3N5O3S. The summed E-state index contributed by atoms with van der Waals surface area (Å²) in [5.74, 6) is -0.172. The Morgan fingerprint density at radius 2 is 1.97 bits per heavy atom. The van der Waals surface area contributed by atoms with Crippen molar-refractivity contribution in [3.63, 3.8) is 0 Å². The highest BCUT2D eigenvalue weighted by atomic mass is 32.1. The molecule has 2 aromatic heterocycles. The van der Waals surface area contributed by atoms with Crippen molar-refractivity contribution >= 4 is 28.9 Å². The molecule has 8 nitrogen and oxygen atoms in total. The first-order valence-electron chi connectivity index (χ1n) is 12.8. The van der Waals surface area contributed by atoms with Crippen LogP contribution in [0.25, 0.3) is 10.4 Å². The van der Waals surface area contributed by atoms with Crippen LogP contribution in [0, 0.1) is 12.8 Å². The van der Waals surface area contributed by atoms with E-state index in [0.29, 0.717) is 49.6 Å². The number of carbonyl (C=O) groups is 1. The summed E-state index contributed by atoms with van der Waals surface area (Å²) in [6, 6.07) is 6.46. The van der Waals surface area contributed by atoms with E-state index in [-0.39, 0.29) is 23.8 Å². The van der Waals surface area contributed by atoms with Gasteiger partial charge in [-0.25, -0.2) is 15.0 Å². The molecule has 1 aliphatic heterocycles. The molecule has 1 atom stereocenters. The normalized spacial score (nSPS) is 23.5. The summed E-state index contributed by atoms with van der Waals surface area (Å²) in [6.07, 6.45) is 1.09. The molecule has 1 aliphatic carbocycles. The third kappa shape index (κ3) is 6.07. The minimum absolute atomic E-state index is 0.108. The van der Waals surface area contributed by atoms with Crippen LogP contribution in [-0.2, 0) is 21.3 Å². The summed E-state index contributed by atoms with van der Waals surface area (Å²) < 4.78 is 44.5. The van der Waals surface area contributed by atoms with Crippen LogP contribution in [0.2, 0.25) is 0 Å². The first-order valence-corrected chi connectivity index (χ1v) is 13.7. The zero-order chi connectivity index (χ0) is 27.8. The number of ether oxygens (including phenoxy) is 1. The van der Waals surface area contributed by atoms with E-state index in [9.17, 15) is 23.1 Å². The number of likely N-dealkylation sites (N-methyl/N-ethyl adjacent to an activating group) is 1. The molecule has 0 bridgehead atoms. The van der Waals surface area contributed by atoms with Gasteiger partial charge in [-0.2, -0.15) is 13.2 Å². The average Bonchev–Trinajstić information content (AvgIpc) is 3.61. The second-order valence-corrected chi connectivity index (χ2v) is 11.3. The van der Waals surface area contributed by atoms with E-state index in [1.165, 1.54) is 11.3 Å². The number of thiazole rings is 1. The summed E-state index contributed by atoms with van der Waals surface area (Å²) >= 11 is 1.38. The Kier molecular flexibility index (Phi) is 7.62. The highest BCUT2D eigenvalue weighted by molar-refractivity contribution is 7.15. The Morgan fingerprint density at radius 3 is 2.67 bits per heavy atom. The lowest BCUT2D eigenvalue weighted by molar-refractivity contribution is -0.141. The molecule has 1 aromatic carbocycles. The maximum atomic E-state index is 13.0. The molecule has 3 aromatic rings. The number of anilines is 2. The number of nitrogens with zero attached hydrogens (tertiary/aromatic N) is 4. The van der Waals surface area contributed by atoms with Gasteiger partial charge in [0.15, 0.2) is 0 Å². The van der Waals surface area contributed by atoms with Gasteiger partial charge < -0.3 is 20.1 Å². The maximum absolute atomic E-state index is 13.0.